The van der Waals surface area contributed by atoms with Crippen LogP contribution in [0.1, 0.15) is 66.7 Å². The fourth-order valence-electron chi connectivity index (χ4n) is 5.20. The molecule has 0 saturated carbocycles. The summed E-state index contributed by atoms with van der Waals surface area (Å²) in [6, 6.07) is 20.4. The molecule has 1 nitrogen and oxygen atoms in total. The first kappa shape index (κ1) is 18.5. The molecule has 1 aliphatic carbocycles. The van der Waals surface area contributed by atoms with Gasteiger partial charge in [0.15, 0.2) is 0 Å². The van der Waals surface area contributed by atoms with Crippen molar-refractivity contribution in [2.45, 2.75) is 57.3 Å². The van der Waals surface area contributed by atoms with E-state index in [4.69, 9.17) is 0 Å². The highest BCUT2D eigenvalue weighted by molar-refractivity contribution is 5.91. The molecule has 0 spiro atoms. The predicted molar refractivity (Wildman–Crippen MR) is 126 cm³/mol. The lowest BCUT2D eigenvalue weighted by atomic mass is 9.80. The summed E-state index contributed by atoms with van der Waals surface area (Å²) in [5, 5.41) is 6.58. The van der Waals surface area contributed by atoms with Crippen LogP contribution in [-0.4, -0.2) is 6.54 Å². The SMILES string of the molecule is C1=CC2Cc3c1c(cc1ccccc31)CCCCCCCCNc1ccccc12. The standard InChI is InChI=1S/C28H31N/c1-2-4-10-18-29-28-15-9-8-14-26(28)23-16-17-25-22(11-5-3-1)19-21-12-6-7-13-24(21)27(25)20-23/h6-9,12-17,19,23,29H,1-5,10-11,18,20H2. The number of hydrogen-bond acceptors (Lipinski definition) is 1. The van der Waals surface area contributed by atoms with Crippen molar-refractivity contribution in [3.8, 4) is 0 Å². The van der Waals surface area contributed by atoms with Crippen molar-refractivity contribution in [1.29, 1.82) is 0 Å². The molecule has 0 fully saturated rings. The van der Waals surface area contributed by atoms with Gasteiger partial charge in [0.25, 0.3) is 0 Å². The Balaban J connectivity index is 1.60. The zero-order chi connectivity index (χ0) is 19.5. The number of para-hydroxylation sites is 1. The van der Waals surface area contributed by atoms with Crippen molar-refractivity contribution in [1.82, 2.24) is 0 Å². The first-order valence-corrected chi connectivity index (χ1v) is 11.4. The fraction of sp³-hybridized carbons (Fsp3) is 0.357. The molecule has 148 valence electrons. The highest BCUT2D eigenvalue weighted by atomic mass is 14.9. The van der Waals surface area contributed by atoms with Crippen LogP contribution in [0.5, 0.6) is 0 Å². The average Bonchev–Trinajstić information content (AvgIpc) is 2.77. The van der Waals surface area contributed by atoms with Crippen LogP contribution < -0.4 is 5.32 Å². The summed E-state index contributed by atoms with van der Waals surface area (Å²) in [7, 11) is 0. The first-order chi connectivity index (χ1) is 14.4. The maximum atomic E-state index is 3.74. The van der Waals surface area contributed by atoms with Gasteiger partial charge in [-0.05, 0) is 64.8 Å². The second kappa shape index (κ2) is 8.45. The van der Waals surface area contributed by atoms with Crippen LogP contribution in [0.3, 0.4) is 0 Å². The van der Waals surface area contributed by atoms with Crippen molar-refractivity contribution >= 4 is 22.5 Å². The summed E-state index contributed by atoms with van der Waals surface area (Å²) in [5.41, 5.74) is 7.35. The van der Waals surface area contributed by atoms with Crippen LogP contribution in [0.15, 0.2) is 60.7 Å². The van der Waals surface area contributed by atoms with E-state index in [1.807, 2.05) is 0 Å². The van der Waals surface area contributed by atoms with Crippen LogP contribution >= 0.6 is 0 Å². The molecule has 3 aromatic carbocycles. The molecule has 3 aliphatic rings. The quantitative estimate of drug-likeness (QED) is 0.425. The summed E-state index contributed by atoms with van der Waals surface area (Å²) < 4.78 is 0. The van der Waals surface area contributed by atoms with Gasteiger partial charge < -0.3 is 5.32 Å². The molecule has 1 N–H and O–H groups in total. The third-order valence-electron chi connectivity index (χ3n) is 6.75. The molecule has 2 aliphatic heterocycles. The molecule has 0 aromatic heterocycles. The Bertz CT molecular complexity index is 1030. The Morgan fingerprint density at radius 1 is 0.793 bits per heavy atom. The predicted octanol–water partition coefficient (Wildman–Crippen LogP) is 7.50. The van der Waals surface area contributed by atoms with Crippen molar-refractivity contribution in [3.05, 3.63) is 82.9 Å². The van der Waals surface area contributed by atoms with Gasteiger partial charge in [-0.3, -0.25) is 0 Å². The molecule has 4 bridgehead atoms. The average molecular weight is 382 g/mol. The van der Waals surface area contributed by atoms with E-state index in [1.54, 1.807) is 11.1 Å². The topological polar surface area (TPSA) is 12.0 Å². The molecule has 1 atom stereocenters. The summed E-state index contributed by atoms with van der Waals surface area (Å²) in [4.78, 5) is 0. The van der Waals surface area contributed by atoms with Gasteiger partial charge in [-0.25, -0.2) is 0 Å². The largest absolute Gasteiger partial charge is 0.385 e. The molecule has 0 saturated heterocycles. The van der Waals surface area contributed by atoms with Gasteiger partial charge in [-0.2, -0.15) is 0 Å². The minimum atomic E-state index is 0.442. The molecule has 6 rings (SSSR count). The molecule has 1 unspecified atom stereocenters. The van der Waals surface area contributed by atoms with Crippen LogP contribution in [-0.2, 0) is 12.8 Å². The maximum absolute atomic E-state index is 3.74. The van der Waals surface area contributed by atoms with Crippen LogP contribution in [0.4, 0.5) is 5.69 Å². The van der Waals surface area contributed by atoms with Gasteiger partial charge in [0.1, 0.15) is 0 Å². The Morgan fingerprint density at radius 2 is 1.59 bits per heavy atom. The van der Waals surface area contributed by atoms with E-state index in [9.17, 15) is 0 Å². The normalized spacial score (nSPS) is 19.7. The first-order valence-electron chi connectivity index (χ1n) is 11.4. The molecule has 3 aromatic rings. The van der Waals surface area contributed by atoms with E-state index >= 15 is 0 Å². The number of aryl methyl sites for hydroxylation is 1. The van der Waals surface area contributed by atoms with Crippen LogP contribution in [0.25, 0.3) is 16.8 Å². The third kappa shape index (κ3) is 3.83. The Morgan fingerprint density at radius 3 is 2.55 bits per heavy atom. The summed E-state index contributed by atoms with van der Waals surface area (Å²) in [6.45, 7) is 1.08. The second-order valence-corrected chi connectivity index (χ2v) is 8.70. The number of benzene rings is 3. The monoisotopic (exact) mass is 381 g/mol. The highest BCUT2D eigenvalue weighted by Crippen LogP contribution is 2.39. The summed E-state index contributed by atoms with van der Waals surface area (Å²) in [5.74, 6) is 0.442. The summed E-state index contributed by atoms with van der Waals surface area (Å²) >= 11 is 0. The van der Waals surface area contributed by atoms with Crippen molar-refractivity contribution in [2.24, 2.45) is 0 Å². The van der Waals surface area contributed by atoms with Crippen molar-refractivity contribution < 1.29 is 0 Å². The number of nitrogens with one attached hydrogen (secondary N) is 1. The molecule has 29 heavy (non-hydrogen) atoms. The van der Waals surface area contributed by atoms with Gasteiger partial charge in [0, 0.05) is 18.2 Å². The minimum Gasteiger partial charge on any atom is -0.385 e. The lowest BCUT2D eigenvalue weighted by Gasteiger charge is -2.26. The minimum absolute atomic E-state index is 0.442. The van der Waals surface area contributed by atoms with Crippen molar-refractivity contribution in [2.75, 3.05) is 11.9 Å². The Hall–Kier alpha value is -2.54. The lowest BCUT2D eigenvalue weighted by molar-refractivity contribution is 0.601. The van der Waals surface area contributed by atoms with Gasteiger partial charge in [0.2, 0.25) is 0 Å². The van der Waals surface area contributed by atoms with Crippen LogP contribution in [0, 0.1) is 0 Å². The van der Waals surface area contributed by atoms with E-state index in [1.165, 1.54) is 72.5 Å². The Labute approximate surface area is 174 Å². The molecule has 0 radical (unpaired) electrons. The van der Waals surface area contributed by atoms with Gasteiger partial charge >= 0.3 is 0 Å². The van der Waals surface area contributed by atoms with E-state index in [0.717, 1.165) is 13.0 Å². The number of rotatable bonds is 0. The van der Waals surface area contributed by atoms with Crippen molar-refractivity contribution in [3.63, 3.8) is 0 Å². The van der Waals surface area contributed by atoms with Gasteiger partial charge in [0.05, 0.1) is 0 Å². The number of allylic oxidation sites excluding steroid dienone is 1. The molecular weight excluding hydrogens is 350 g/mol. The zero-order valence-electron chi connectivity index (χ0n) is 17.3. The lowest BCUT2D eigenvalue weighted by Crippen LogP contribution is -2.12. The van der Waals surface area contributed by atoms with E-state index < -0.39 is 0 Å². The number of anilines is 1. The number of hydrogen-bond donors (Lipinski definition) is 1. The molecule has 1 heteroatoms. The Kier molecular flexibility index (Phi) is 5.39. The fourth-order valence-corrected chi connectivity index (χ4v) is 5.20. The van der Waals surface area contributed by atoms with Crippen LogP contribution in [0.2, 0.25) is 0 Å². The third-order valence-corrected chi connectivity index (χ3v) is 6.75. The molecular formula is C28H31N. The van der Waals surface area contributed by atoms with Gasteiger partial charge in [-0.15, -0.1) is 0 Å². The second-order valence-electron chi connectivity index (χ2n) is 8.70. The van der Waals surface area contributed by atoms with Gasteiger partial charge in [-0.1, -0.05) is 86.4 Å². The smallest absolute Gasteiger partial charge is 0.0378 e. The molecule has 2 heterocycles. The van der Waals surface area contributed by atoms with E-state index in [-0.39, 0.29) is 0 Å². The maximum Gasteiger partial charge on any atom is 0.0378 e. The van der Waals surface area contributed by atoms with E-state index in [2.05, 4.69) is 72.1 Å². The molecule has 0 amide bonds. The van der Waals surface area contributed by atoms with E-state index in [0.29, 0.717) is 5.92 Å². The summed E-state index contributed by atoms with van der Waals surface area (Å²) in [6.07, 6.45) is 15.2. The highest BCUT2D eigenvalue weighted by Gasteiger charge is 2.22. The number of fused-ring (bicyclic) bond motifs is 9. The zero-order valence-corrected chi connectivity index (χ0v) is 17.3.